The molecule has 0 aromatic heterocycles. The third-order valence-electron chi connectivity index (χ3n) is 13.3. The highest BCUT2D eigenvalue weighted by atomic mass is 16.5. The molecule has 4 atom stereocenters. The first-order valence-corrected chi connectivity index (χ1v) is 22.4. The van der Waals surface area contributed by atoms with Gasteiger partial charge in [0.2, 0.25) is 5.75 Å². The summed E-state index contributed by atoms with van der Waals surface area (Å²) in [5.74, 6) is 8.65. The number of esters is 2. The highest BCUT2D eigenvalue weighted by Gasteiger charge is 2.43. The van der Waals surface area contributed by atoms with Gasteiger partial charge in [-0.05, 0) is 65.2 Å². The zero-order valence-electron chi connectivity index (χ0n) is 40.8. The Hall–Kier alpha value is -6.50. The lowest BCUT2D eigenvalue weighted by atomic mass is 9.85. The number of hydrogen-bond donors (Lipinski definition) is 0. The maximum absolute atomic E-state index is 12.8. The Morgan fingerprint density at radius 3 is 1.48 bits per heavy atom. The quantitative estimate of drug-likeness (QED) is 0.0306. The van der Waals surface area contributed by atoms with E-state index in [-0.39, 0.29) is 25.3 Å². The van der Waals surface area contributed by atoms with Gasteiger partial charge in [0.15, 0.2) is 46.0 Å². The van der Waals surface area contributed by atoms with E-state index in [0.29, 0.717) is 80.1 Å². The molecule has 0 saturated heterocycles. The van der Waals surface area contributed by atoms with E-state index in [1.165, 1.54) is 11.1 Å². The molecule has 4 aromatic rings. The molecule has 15 nitrogen and oxygen atoms in total. The molecule has 0 aliphatic carbocycles. The van der Waals surface area contributed by atoms with Gasteiger partial charge in [0.25, 0.3) is 0 Å². The predicted octanol–water partition coefficient (Wildman–Crippen LogP) is 6.71. The molecule has 0 N–H and O–H groups in total. The summed E-state index contributed by atoms with van der Waals surface area (Å²) in [6.45, 7) is 3.28. The van der Waals surface area contributed by atoms with Crippen LogP contribution in [0.2, 0.25) is 0 Å². The maximum Gasteiger partial charge on any atom is 0.384 e. The average molecular weight is 927 g/mol. The van der Waals surface area contributed by atoms with Crippen LogP contribution < -0.4 is 42.6 Å². The Balaban J connectivity index is 1.07. The second kappa shape index (κ2) is 22.3. The number of rotatable bonds is 20. The largest absolute Gasteiger partial charge is 0.493 e. The van der Waals surface area contributed by atoms with E-state index >= 15 is 0 Å². The summed E-state index contributed by atoms with van der Waals surface area (Å²) in [6, 6.07) is 18.1. The molecule has 4 aromatic carbocycles. The van der Waals surface area contributed by atoms with Gasteiger partial charge >= 0.3 is 11.9 Å². The number of fused-ring (bicyclic) bond motifs is 2. The van der Waals surface area contributed by atoms with E-state index in [4.69, 9.17) is 52.1 Å². The Bertz CT molecular complexity index is 2440. The minimum atomic E-state index is -0.795. The number of nitrogens with zero attached hydrogens (tertiary/aromatic N) is 2. The van der Waals surface area contributed by atoms with Crippen molar-refractivity contribution in [3.63, 3.8) is 0 Å². The molecule has 0 radical (unpaired) electrons. The summed E-state index contributed by atoms with van der Waals surface area (Å²) in [4.78, 5) is 25.5. The van der Waals surface area contributed by atoms with Gasteiger partial charge in [-0.25, -0.2) is 9.59 Å². The molecule has 0 fully saturated rings. The van der Waals surface area contributed by atoms with Crippen LogP contribution in [0.25, 0.3) is 0 Å². The average Bonchev–Trinajstić information content (AvgIpc) is 3.35. The van der Waals surface area contributed by atoms with Gasteiger partial charge in [-0.2, -0.15) is 0 Å². The molecule has 360 valence electrons. The Labute approximate surface area is 394 Å². The molecule has 2 aliphatic rings. The van der Waals surface area contributed by atoms with E-state index in [0.717, 1.165) is 61.2 Å². The highest BCUT2D eigenvalue weighted by Crippen LogP contribution is 2.48. The van der Waals surface area contributed by atoms with Crippen molar-refractivity contribution in [2.24, 2.45) is 0 Å². The molecule has 2 heterocycles. The zero-order valence-corrected chi connectivity index (χ0v) is 40.8. The number of hydrogen-bond acceptors (Lipinski definition) is 13. The molecule has 0 bridgehead atoms. The minimum Gasteiger partial charge on any atom is -0.493 e. The van der Waals surface area contributed by atoms with E-state index < -0.39 is 11.9 Å². The van der Waals surface area contributed by atoms with E-state index in [9.17, 15) is 9.59 Å². The fourth-order valence-electron chi connectivity index (χ4n) is 9.80. The molecule has 0 amide bonds. The molecule has 15 heteroatoms. The zero-order chi connectivity index (χ0) is 48.3. The van der Waals surface area contributed by atoms with Crippen molar-refractivity contribution < 1.29 is 70.7 Å². The molecule has 6 rings (SSSR count). The number of ether oxygens (including phenoxy) is 11. The van der Waals surface area contributed by atoms with E-state index in [2.05, 4.69) is 44.1 Å². The third-order valence-corrected chi connectivity index (χ3v) is 13.3. The van der Waals surface area contributed by atoms with Crippen molar-refractivity contribution in [2.45, 2.75) is 44.2 Å². The van der Waals surface area contributed by atoms with E-state index in [1.807, 2.05) is 36.4 Å². The number of methoxy groups -OCH3 is 9. The molecule has 2 aliphatic heterocycles. The lowest BCUT2D eigenvalue weighted by molar-refractivity contribution is -0.941. The number of quaternary nitrogens is 2. The Kier molecular flexibility index (Phi) is 16.6. The van der Waals surface area contributed by atoms with Crippen LogP contribution >= 0.6 is 0 Å². The molecule has 4 unspecified atom stereocenters. The number of carbonyl (C=O) groups is 2. The molecule has 0 saturated carbocycles. The normalized spacial score (nSPS) is 19.3. The summed E-state index contributed by atoms with van der Waals surface area (Å²) in [7, 11) is 19.0. The lowest BCUT2D eigenvalue weighted by Crippen LogP contribution is -2.52. The van der Waals surface area contributed by atoms with Crippen LogP contribution in [0, 0.1) is 11.8 Å². The van der Waals surface area contributed by atoms with Crippen LogP contribution in [0.15, 0.2) is 54.6 Å². The van der Waals surface area contributed by atoms with Crippen LogP contribution in [0.3, 0.4) is 0 Å². The van der Waals surface area contributed by atoms with Gasteiger partial charge in [0.05, 0.1) is 117 Å². The fourth-order valence-corrected chi connectivity index (χ4v) is 9.80. The van der Waals surface area contributed by atoms with Crippen LogP contribution in [-0.4, -0.2) is 138 Å². The topological polar surface area (TPSA) is 136 Å². The first kappa shape index (κ1) is 49.9. The van der Waals surface area contributed by atoms with Crippen LogP contribution in [0.1, 0.15) is 58.3 Å². The maximum atomic E-state index is 12.8. The van der Waals surface area contributed by atoms with Crippen molar-refractivity contribution in [3.8, 4) is 63.6 Å². The van der Waals surface area contributed by atoms with Crippen LogP contribution in [0.5, 0.6) is 51.7 Å². The van der Waals surface area contributed by atoms with Crippen LogP contribution in [0.4, 0.5) is 0 Å². The molecular weight excluding hydrogens is 861 g/mol. The van der Waals surface area contributed by atoms with Gasteiger partial charge in [-0.1, -0.05) is 6.07 Å². The van der Waals surface area contributed by atoms with Crippen molar-refractivity contribution in [1.82, 2.24) is 0 Å². The number of likely N-dealkylation sites (N-methyl/N-ethyl adjacent to an activating group) is 2. The van der Waals surface area contributed by atoms with Gasteiger partial charge < -0.3 is 61.1 Å². The van der Waals surface area contributed by atoms with Gasteiger partial charge in [-0.15, -0.1) is 0 Å². The summed E-state index contributed by atoms with van der Waals surface area (Å²) in [5, 5.41) is 0. The lowest BCUT2D eigenvalue weighted by Gasteiger charge is -2.46. The molecule has 0 spiro atoms. The minimum absolute atomic E-state index is 0.0511. The summed E-state index contributed by atoms with van der Waals surface area (Å²) in [6.07, 6.45) is 3.47. The summed E-state index contributed by atoms with van der Waals surface area (Å²) >= 11 is 0. The van der Waals surface area contributed by atoms with Gasteiger partial charge in [0.1, 0.15) is 12.1 Å². The van der Waals surface area contributed by atoms with Crippen molar-refractivity contribution in [2.75, 3.05) is 117 Å². The summed E-state index contributed by atoms with van der Waals surface area (Å²) in [5.41, 5.74) is 6.67. The second-order valence-electron chi connectivity index (χ2n) is 17.2. The van der Waals surface area contributed by atoms with Crippen molar-refractivity contribution in [3.05, 3.63) is 88.0 Å². The second-order valence-corrected chi connectivity index (χ2v) is 17.2. The first-order chi connectivity index (χ1) is 32.3. The SMILES string of the molecule is COc1ccc(CC2c3cc(OC)c(OC)cc3CC[N+]2(C)CCCOC(=O)C#CC(=O)OCCC[N+]2(C)CCc3cc(OC)c(OC)cc3C2c2cc(OC)c(OC)c(OC)c2)cc1OC. The predicted molar refractivity (Wildman–Crippen MR) is 251 cm³/mol. The van der Waals surface area contributed by atoms with Crippen LogP contribution in [-0.2, 0) is 38.3 Å². The smallest absolute Gasteiger partial charge is 0.384 e. The monoisotopic (exact) mass is 926 g/mol. The van der Waals surface area contributed by atoms with E-state index in [1.54, 1.807) is 64.0 Å². The van der Waals surface area contributed by atoms with Crippen molar-refractivity contribution in [1.29, 1.82) is 0 Å². The summed E-state index contributed by atoms with van der Waals surface area (Å²) < 4.78 is 63.3. The first-order valence-electron chi connectivity index (χ1n) is 22.4. The Morgan fingerprint density at radius 1 is 0.522 bits per heavy atom. The molecule has 67 heavy (non-hydrogen) atoms. The number of benzene rings is 4. The third kappa shape index (κ3) is 11.0. The van der Waals surface area contributed by atoms with Gasteiger partial charge in [0, 0.05) is 60.6 Å². The highest BCUT2D eigenvalue weighted by molar-refractivity contribution is 5.98. The van der Waals surface area contributed by atoms with Crippen molar-refractivity contribution >= 4 is 11.9 Å². The standard InChI is InChI=1S/C52H66N2O13/c1-53(22-18-35-28-43(59-5)45(61-7)32-38(35)40(53)26-34-14-15-41(57-3)42(27-34)58-4)20-12-24-66-49(55)16-17-50(56)67-25-13-21-54(2)23-19-36-29-44(60-6)46(62-8)33-39(36)51(54)37-30-47(63-9)52(65-11)48(31-37)64-10/h14-15,27-33,40,51H,12-13,18-26H2,1-11H3/q+2. The number of carbonyl (C=O) groups excluding carboxylic acids is 2. The molecular formula is C52H66N2O13+2. The van der Waals surface area contributed by atoms with Gasteiger partial charge in [-0.3, -0.25) is 0 Å². The fraction of sp³-hybridized carbons (Fsp3) is 0.462. The Morgan fingerprint density at radius 2 is 0.970 bits per heavy atom.